The summed E-state index contributed by atoms with van der Waals surface area (Å²) in [6, 6.07) is 33.2. The molecule has 0 radical (unpaired) electrons. The number of aromatic nitrogens is 5. The first-order valence-corrected chi connectivity index (χ1v) is 20.7. The molecule has 0 N–H and O–H groups in total. The Hall–Kier alpha value is -4.49. The molecule has 0 fully saturated rings. The van der Waals surface area contributed by atoms with Crippen LogP contribution < -0.4 is 9.13 Å². The molecule has 0 saturated carbocycles. The minimum Gasteiger partial charge on any atom is -0.247 e. The van der Waals surface area contributed by atoms with Crippen molar-refractivity contribution >= 4 is 59.5 Å². The normalized spacial score (nSPS) is 16.9. The third-order valence-corrected chi connectivity index (χ3v) is 8.62. The van der Waals surface area contributed by atoms with Gasteiger partial charge in [0.15, 0.2) is 22.1 Å². The summed E-state index contributed by atoms with van der Waals surface area (Å²) in [7, 11) is -21.3. The van der Waals surface area contributed by atoms with Crippen molar-refractivity contribution < 1.29 is 59.5 Å². The molecule has 0 atom stereocenters. The maximum absolute atomic E-state index is 10.7. The number of benzene rings is 4. The van der Waals surface area contributed by atoms with Gasteiger partial charge in [0.2, 0.25) is 12.7 Å². The van der Waals surface area contributed by atoms with Crippen LogP contribution in [0.25, 0.3) is 43.9 Å². The molecule has 6 bridgehead atoms. The van der Waals surface area contributed by atoms with E-state index in [1.807, 2.05) is 0 Å². The minimum atomic E-state index is -10.7. The standard InChI is InChI=1S/C35H33N5.2F6P/c1-2-8-20-38-25-40(33-18-6-4-16-31(33)38)23-29-14-10-12-27-21-26-11-9-13-28(34(26)36-35(27)29)22-39-24-37(19-7-1)30-15-3-5-17-32(30)39;2*1-7(2,3,4,5)6/h3-6,9-18,21,24-25H,1-2,7-8,19-20,22-23H2;;/q+2;2*-1. The average molecular weight is 814 g/mol. The van der Waals surface area contributed by atoms with Gasteiger partial charge in [-0.1, -0.05) is 60.7 Å². The van der Waals surface area contributed by atoms with E-state index < -0.39 is 15.6 Å². The molecule has 3 aromatic heterocycles. The van der Waals surface area contributed by atoms with Crippen LogP contribution in [0.2, 0.25) is 0 Å². The Bertz CT molecular complexity index is 2320. The van der Waals surface area contributed by atoms with Gasteiger partial charge in [0.1, 0.15) is 13.1 Å². The number of para-hydroxylation sites is 6. The first-order valence-electron chi connectivity index (χ1n) is 16.6. The quantitative estimate of drug-likeness (QED) is 0.0649. The number of rotatable bonds is 0. The summed E-state index contributed by atoms with van der Waals surface area (Å²) in [6.07, 6.45) is 9.48. The smallest absolute Gasteiger partial charge is 0.245 e. The maximum atomic E-state index is 9.87. The molecular weight excluding hydrogens is 780 g/mol. The SMILES string of the molecule is F[P-](F)(F)(F)(F)F.F[P-](F)(F)(F)(F)F.c1cc2c3nc4c(cccc4cc3c1)C[n+]1cn(c3ccccc31)CCCCCCn1c[n+](c3ccccc31)C2. The van der Waals surface area contributed by atoms with Gasteiger partial charge in [-0.05, 0) is 56.0 Å². The van der Waals surface area contributed by atoms with Gasteiger partial charge in [-0.15, -0.1) is 0 Å². The molecule has 7 aromatic rings. The third kappa shape index (κ3) is 11.5. The first-order chi connectivity index (χ1) is 24.7. The van der Waals surface area contributed by atoms with Crippen molar-refractivity contribution in [1.29, 1.82) is 0 Å². The Balaban J connectivity index is 0.000000304. The van der Waals surface area contributed by atoms with Crippen molar-refractivity contribution in [2.24, 2.45) is 0 Å². The van der Waals surface area contributed by atoms with Crippen LogP contribution in [0, 0.1) is 0 Å². The molecule has 54 heavy (non-hydrogen) atoms. The van der Waals surface area contributed by atoms with Gasteiger partial charge in [0.05, 0.1) is 24.1 Å². The largest absolute Gasteiger partial charge is 0.247 e. The fraction of sp³-hybridized carbons (Fsp3) is 0.229. The number of imidazole rings is 2. The second-order valence-corrected chi connectivity index (χ2v) is 17.0. The second-order valence-electron chi connectivity index (χ2n) is 13.1. The summed E-state index contributed by atoms with van der Waals surface area (Å²) >= 11 is 0. The van der Waals surface area contributed by atoms with Crippen molar-refractivity contribution in [2.75, 3.05) is 0 Å². The van der Waals surface area contributed by atoms with Crippen LogP contribution in [0.3, 0.4) is 0 Å². The molecule has 0 aliphatic carbocycles. The molecule has 1 aliphatic heterocycles. The number of aryl methyl sites for hydroxylation is 2. The van der Waals surface area contributed by atoms with E-state index in [0.717, 1.165) is 37.2 Å². The van der Waals surface area contributed by atoms with E-state index in [-0.39, 0.29) is 0 Å². The Kier molecular flexibility index (Phi) is 9.09. The molecular formula is C35H33F12N5P2. The molecule has 1 aliphatic rings. The Morgan fingerprint density at radius 3 is 1.22 bits per heavy atom. The third-order valence-electron chi connectivity index (χ3n) is 8.62. The summed E-state index contributed by atoms with van der Waals surface area (Å²) in [5.41, 5.74) is 9.87. The number of hydrogen-bond acceptors (Lipinski definition) is 1. The van der Waals surface area contributed by atoms with Crippen molar-refractivity contribution in [3.8, 4) is 0 Å². The minimum absolute atomic E-state index is 0.799. The number of pyridine rings is 1. The monoisotopic (exact) mass is 813 g/mol. The zero-order valence-electron chi connectivity index (χ0n) is 28.1. The second kappa shape index (κ2) is 12.5. The van der Waals surface area contributed by atoms with Gasteiger partial charge < -0.3 is 0 Å². The van der Waals surface area contributed by atoms with Crippen LogP contribution in [0.5, 0.6) is 0 Å². The predicted octanol–water partition coefficient (Wildman–Crippen LogP) is 13.3. The molecule has 0 saturated heterocycles. The molecule has 0 unspecified atom stereocenters. The zero-order chi connectivity index (χ0) is 39.3. The van der Waals surface area contributed by atoms with E-state index in [2.05, 4.69) is 122 Å². The van der Waals surface area contributed by atoms with E-state index >= 15 is 0 Å². The predicted molar refractivity (Wildman–Crippen MR) is 187 cm³/mol. The summed E-state index contributed by atoms with van der Waals surface area (Å²) < 4.78 is 128. The number of hydrogen-bond donors (Lipinski definition) is 0. The van der Waals surface area contributed by atoms with Gasteiger partial charge in [0.25, 0.3) is 0 Å². The van der Waals surface area contributed by atoms with Crippen molar-refractivity contribution in [3.63, 3.8) is 0 Å². The molecule has 0 amide bonds. The van der Waals surface area contributed by atoms with Gasteiger partial charge >= 0.3 is 66.0 Å². The first kappa shape index (κ1) is 39.2. The van der Waals surface area contributed by atoms with Crippen molar-refractivity contribution in [2.45, 2.75) is 51.9 Å². The van der Waals surface area contributed by atoms with Crippen LogP contribution in [-0.4, -0.2) is 14.1 Å². The van der Waals surface area contributed by atoms with Crippen LogP contribution in [0.1, 0.15) is 36.8 Å². The van der Waals surface area contributed by atoms with E-state index in [1.54, 1.807) is 0 Å². The van der Waals surface area contributed by atoms with Gasteiger partial charge in [-0.25, -0.2) is 23.3 Å². The fourth-order valence-electron chi connectivity index (χ4n) is 6.64. The van der Waals surface area contributed by atoms with Crippen LogP contribution in [-0.2, 0) is 26.2 Å². The summed E-state index contributed by atoms with van der Waals surface area (Å²) in [4.78, 5) is 5.39. The molecule has 0 spiro atoms. The Morgan fingerprint density at radius 2 is 0.833 bits per heavy atom. The van der Waals surface area contributed by atoms with E-state index in [9.17, 15) is 50.4 Å². The van der Waals surface area contributed by atoms with E-state index in [0.29, 0.717) is 0 Å². The van der Waals surface area contributed by atoms with Gasteiger partial charge in [-0.2, -0.15) is 0 Å². The summed E-state index contributed by atoms with van der Waals surface area (Å²) in [5.74, 6) is 0. The Labute approximate surface area is 299 Å². The van der Waals surface area contributed by atoms with Crippen molar-refractivity contribution in [3.05, 3.63) is 115 Å². The number of fused-ring (bicyclic) bond motifs is 10. The number of halogens is 12. The fourth-order valence-corrected chi connectivity index (χ4v) is 6.64. The number of nitrogens with zero attached hydrogens (tertiary/aromatic N) is 5. The maximum Gasteiger partial charge on any atom is 0.245 e. The van der Waals surface area contributed by atoms with Gasteiger partial charge in [-0.3, -0.25) is 0 Å². The molecule has 4 heterocycles. The molecule has 5 nitrogen and oxygen atoms in total. The van der Waals surface area contributed by atoms with Crippen LogP contribution in [0.4, 0.5) is 50.4 Å². The Morgan fingerprint density at radius 1 is 0.463 bits per heavy atom. The van der Waals surface area contributed by atoms with E-state index in [1.165, 1.54) is 69.6 Å². The summed E-state index contributed by atoms with van der Waals surface area (Å²) in [6.45, 7) is 3.69. The van der Waals surface area contributed by atoms with Crippen LogP contribution >= 0.6 is 15.6 Å². The van der Waals surface area contributed by atoms with Gasteiger partial charge in [0, 0.05) is 21.9 Å². The molecule has 8 rings (SSSR count). The van der Waals surface area contributed by atoms with E-state index in [4.69, 9.17) is 4.98 Å². The van der Waals surface area contributed by atoms with Crippen molar-refractivity contribution in [1.82, 2.24) is 14.1 Å². The van der Waals surface area contributed by atoms with Crippen LogP contribution in [0.15, 0.2) is 104 Å². The topological polar surface area (TPSA) is 30.5 Å². The molecule has 4 aromatic carbocycles. The summed E-state index contributed by atoms with van der Waals surface area (Å²) in [5, 5.41) is 2.39. The molecule has 19 heteroatoms. The average Bonchev–Trinajstić information content (AvgIpc) is 3.56. The molecule has 292 valence electrons. The zero-order valence-corrected chi connectivity index (χ0v) is 29.9.